The van der Waals surface area contributed by atoms with E-state index in [-0.39, 0.29) is 23.5 Å². The first-order valence-corrected chi connectivity index (χ1v) is 9.46. The fraction of sp³-hybridized carbons (Fsp3) is 0.364. The van der Waals surface area contributed by atoms with Gasteiger partial charge in [0.2, 0.25) is 5.91 Å². The highest BCUT2D eigenvalue weighted by Gasteiger charge is 2.31. The van der Waals surface area contributed by atoms with Gasteiger partial charge in [-0.05, 0) is 49.6 Å². The zero-order valence-corrected chi connectivity index (χ0v) is 15.6. The molecule has 0 spiro atoms. The maximum atomic E-state index is 13.1. The normalized spacial score (nSPS) is 16.8. The molecule has 0 aliphatic carbocycles. The zero-order valence-electron chi connectivity index (χ0n) is 15.6. The number of benzene rings is 2. The number of nitrogens with zero attached hydrogens (tertiary/aromatic N) is 2. The number of halogens is 1. The number of likely N-dealkylation sites (tertiary alicyclic amines) is 1. The maximum Gasteiger partial charge on any atom is 0.253 e. The Balaban J connectivity index is 1.66. The van der Waals surface area contributed by atoms with E-state index in [4.69, 9.17) is 0 Å². The van der Waals surface area contributed by atoms with Crippen LogP contribution < -0.4 is 0 Å². The van der Waals surface area contributed by atoms with E-state index in [0.717, 1.165) is 18.4 Å². The summed E-state index contributed by atoms with van der Waals surface area (Å²) in [6.07, 6.45) is 1.59. The smallest absolute Gasteiger partial charge is 0.253 e. The fourth-order valence-electron chi connectivity index (χ4n) is 3.55. The number of rotatable bonds is 5. The first-order valence-electron chi connectivity index (χ1n) is 9.46. The molecule has 1 aliphatic heterocycles. The van der Waals surface area contributed by atoms with E-state index in [1.165, 1.54) is 24.3 Å². The summed E-state index contributed by atoms with van der Waals surface area (Å²) in [5, 5.41) is 0. The molecule has 2 aromatic carbocycles. The molecular weight excluding hydrogens is 343 g/mol. The third-order valence-corrected chi connectivity index (χ3v) is 5.06. The molecule has 4 nitrogen and oxygen atoms in total. The van der Waals surface area contributed by atoms with Gasteiger partial charge in [0.25, 0.3) is 5.91 Å². The van der Waals surface area contributed by atoms with Crippen molar-refractivity contribution in [2.24, 2.45) is 5.92 Å². The number of hydrogen-bond donors (Lipinski definition) is 0. The molecule has 0 radical (unpaired) electrons. The first kappa shape index (κ1) is 19.1. The Morgan fingerprint density at radius 3 is 2.48 bits per heavy atom. The molecule has 0 saturated carbocycles. The Kier molecular flexibility index (Phi) is 6.22. The van der Waals surface area contributed by atoms with Gasteiger partial charge in [-0.25, -0.2) is 4.39 Å². The minimum atomic E-state index is -0.363. The van der Waals surface area contributed by atoms with Crippen molar-refractivity contribution in [1.82, 2.24) is 9.80 Å². The van der Waals surface area contributed by atoms with Crippen LogP contribution in [0, 0.1) is 11.7 Å². The molecule has 0 aromatic heterocycles. The molecule has 1 fully saturated rings. The number of amides is 2. The molecule has 0 bridgehead atoms. The molecule has 27 heavy (non-hydrogen) atoms. The summed E-state index contributed by atoms with van der Waals surface area (Å²) in [6, 6.07) is 15.5. The van der Waals surface area contributed by atoms with Crippen LogP contribution in [0.5, 0.6) is 0 Å². The average Bonchev–Trinajstić information content (AvgIpc) is 2.72. The Morgan fingerprint density at radius 1 is 1.11 bits per heavy atom. The summed E-state index contributed by atoms with van der Waals surface area (Å²) >= 11 is 0. The highest BCUT2D eigenvalue weighted by atomic mass is 19.1. The lowest BCUT2D eigenvalue weighted by atomic mass is 9.95. The van der Waals surface area contributed by atoms with Gasteiger partial charge in [-0.3, -0.25) is 9.59 Å². The van der Waals surface area contributed by atoms with Gasteiger partial charge in [0.1, 0.15) is 5.82 Å². The topological polar surface area (TPSA) is 40.6 Å². The fourth-order valence-corrected chi connectivity index (χ4v) is 3.55. The van der Waals surface area contributed by atoms with Crippen LogP contribution in [0.25, 0.3) is 0 Å². The van der Waals surface area contributed by atoms with Crippen LogP contribution in [0.4, 0.5) is 4.39 Å². The van der Waals surface area contributed by atoms with Crippen molar-refractivity contribution in [1.29, 1.82) is 0 Å². The van der Waals surface area contributed by atoms with Crippen molar-refractivity contribution in [2.45, 2.75) is 26.3 Å². The Hall–Kier alpha value is -2.69. The molecule has 142 valence electrons. The van der Waals surface area contributed by atoms with E-state index < -0.39 is 0 Å². The van der Waals surface area contributed by atoms with Crippen molar-refractivity contribution in [3.63, 3.8) is 0 Å². The van der Waals surface area contributed by atoms with Crippen LogP contribution in [0.3, 0.4) is 0 Å². The van der Waals surface area contributed by atoms with Crippen molar-refractivity contribution in [2.75, 3.05) is 19.6 Å². The monoisotopic (exact) mass is 368 g/mol. The molecule has 1 saturated heterocycles. The maximum absolute atomic E-state index is 13.1. The van der Waals surface area contributed by atoms with Gasteiger partial charge in [0.05, 0.1) is 5.92 Å². The molecule has 2 aromatic rings. The quantitative estimate of drug-likeness (QED) is 0.807. The largest absolute Gasteiger partial charge is 0.338 e. The van der Waals surface area contributed by atoms with E-state index in [1.54, 1.807) is 4.90 Å². The van der Waals surface area contributed by atoms with E-state index in [9.17, 15) is 14.0 Å². The molecule has 1 aliphatic rings. The van der Waals surface area contributed by atoms with E-state index in [1.807, 2.05) is 42.2 Å². The SMILES string of the molecule is CCN(Cc1ccccc1)C(=O)[C@H]1CCCN(C(=O)c2ccc(F)cc2)C1. The van der Waals surface area contributed by atoms with Crippen molar-refractivity contribution >= 4 is 11.8 Å². The molecule has 1 heterocycles. The van der Waals surface area contributed by atoms with Crippen LogP contribution in [0.15, 0.2) is 54.6 Å². The van der Waals surface area contributed by atoms with Gasteiger partial charge in [-0.2, -0.15) is 0 Å². The van der Waals surface area contributed by atoms with Crippen LogP contribution in [-0.2, 0) is 11.3 Å². The van der Waals surface area contributed by atoms with Crippen LogP contribution >= 0.6 is 0 Å². The molecule has 2 amide bonds. The lowest BCUT2D eigenvalue weighted by Crippen LogP contribution is -2.46. The van der Waals surface area contributed by atoms with Crippen molar-refractivity contribution in [3.05, 3.63) is 71.5 Å². The number of piperidine rings is 1. The van der Waals surface area contributed by atoms with Crippen molar-refractivity contribution < 1.29 is 14.0 Å². The van der Waals surface area contributed by atoms with Gasteiger partial charge >= 0.3 is 0 Å². The Morgan fingerprint density at radius 2 is 1.81 bits per heavy atom. The summed E-state index contributed by atoms with van der Waals surface area (Å²) in [5.41, 5.74) is 1.56. The van der Waals surface area contributed by atoms with Crippen LogP contribution in [0.1, 0.15) is 35.7 Å². The second-order valence-electron chi connectivity index (χ2n) is 6.94. The van der Waals surface area contributed by atoms with Crippen LogP contribution in [-0.4, -0.2) is 41.2 Å². The molecule has 0 unspecified atom stereocenters. The van der Waals surface area contributed by atoms with E-state index in [2.05, 4.69) is 0 Å². The molecular formula is C22H25FN2O2. The average molecular weight is 368 g/mol. The van der Waals surface area contributed by atoms with E-state index in [0.29, 0.717) is 31.7 Å². The first-order chi connectivity index (χ1) is 13.1. The minimum absolute atomic E-state index is 0.0953. The predicted octanol–water partition coefficient (Wildman–Crippen LogP) is 3.73. The van der Waals surface area contributed by atoms with E-state index >= 15 is 0 Å². The van der Waals surface area contributed by atoms with Gasteiger partial charge in [-0.15, -0.1) is 0 Å². The lowest BCUT2D eigenvalue weighted by Gasteiger charge is -2.35. The minimum Gasteiger partial charge on any atom is -0.338 e. The summed E-state index contributed by atoms with van der Waals surface area (Å²) < 4.78 is 13.1. The second-order valence-corrected chi connectivity index (χ2v) is 6.94. The standard InChI is InChI=1S/C22H25FN2O2/c1-2-24(15-17-7-4-3-5-8-17)22(27)19-9-6-14-25(16-19)21(26)18-10-12-20(23)13-11-18/h3-5,7-8,10-13,19H,2,6,9,14-16H2,1H3/t19-/m0/s1. The summed E-state index contributed by atoms with van der Waals surface area (Å²) in [6.45, 7) is 4.24. The van der Waals surface area contributed by atoms with Gasteiger partial charge in [-0.1, -0.05) is 30.3 Å². The summed E-state index contributed by atoms with van der Waals surface area (Å²) in [7, 11) is 0. The zero-order chi connectivity index (χ0) is 19.2. The number of hydrogen-bond acceptors (Lipinski definition) is 2. The highest BCUT2D eigenvalue weighted by molar-refractivity contribution is 5.94. The Bertz CT molecular complexity index is 777. The van der Waals surface area contributed by atoms with Gasteiger partial charge < -0.3 is 9.80 Å². The third-order valence-electron chi connectivity index (χ3n) is 5.06. The van der Waals surface area contributed by atoms with Crippen molar-refractivity contribution in [3.8, 4) is 0 Å². The third kappa shape index (κ3) is 4.73. The van der Waals surface area contributed by atoms with Crippen LogP contribution in [0.2, 0.25) is 0 Å². The molecule has 1 atom stereocenters. The number of carbonyl (C=O) groups is 2. The molecule has 3 rings (SSSR count). The second kappa shape index (κ2) is 8.80. The lowest BCUT2D eigenvalue weighted by molar-refractivity contribution is -0.137. The summed E-state index contributed by atoms with van der Waals surface area (Å²) in [4.78, 5) is 29.3. The number of carbonyl (C=O) groups excluding carboxylic acids is 2. The predicted molar refractivity (Wildman–Crippen MR) is 103 cm³/mol. The Labute approximate surface area is 159 Å². The molecule has 0 N–H and O–H groups in total. The van der Waals surface area contributed by atoms with Gasteiger partial charge in [0.15, 0.2) is 0 Å². The highest BCUT2D eigenvalue weighted by Crippen LogP contribution is 2.22. The molecule has 5 heteroatoms. The van der Waals surface area contributed by atoms with Gasteiger partial charge in [0, 0.05) is 31.7 Å². The summed E-state index contributed by atoms with van der Waals surface area (Å²) in [5.74, 6) is -0.596.